The van der Waals surface area contributed by atoms with E-state index in [9.17, 15) is 9.59 Å². The van der Waals surface area contributed by atoms with Crippen LogP contribution in [0.4, 0.5) is 5.69 Å². The van der Waals surface area contributed by atoms with Crippen molar-refractivity contribution >= 4 is 17.5 Å². The Bertz CT molecular complexity index is 865. The molecule has 2 amide bonds. The van der Waals surface area contributed by atoms with Gasteiger partial charge in [0.05, 0.1) is 0 Å². The van der Waals surface area contributed by atoms with Crippen LogP contribution in [0.25, 0.3) is 0 Å². The topological polar surface area (TPSA) is 59.1 Å². The first kappa shape index (κ1) is 16.4. The molecule has 0 spiro atoms. The summed E-state index contributed by atoms with van der Waals surface area (Å²) in [4.78, 5) is 28.3. The van der Waals surface area contributed by atoms with Gasteiger partial charge in [-0.05, 0) is 24.6 Å². The zero-order valence-corrected chi connectivity index (χ0v) is 14.6. The van der Waals surface area contributed by atoms with Gasteiger partial charge in [-0.25, -0.2) is 0 Å². The first-order valence-electron chi connectivity index (χ1n) is 8.68. The molecule has 2 aromatic rings. The van der Waals surface area contributed by atoms with Crippen LogP contribution in [0, 0.1) is 6.92 Å². The van der Waals surface area contributed by atoms with Crippen LogP contribution in [0.3, 0.4) is 0 Å². The van der Waals surface area contributed by atoms with Crippen LogP contribution >= 0.6 is 0 Å². The van der Waals surface area contributed by atoms with E-state index in [-0.39, 0.29) is 0 Å². The third-order valence-electron chi connectivity index (χ3n) is 4.60. The molecule has 2 aliphatic heterocycles. The molecule has 2 aromatic carbocycles. The molecule has 0 unspecified atom stereocenters. The average molecular weight is 352 g/mol. The third-order valence-corrected chi connectivity index (χ3v) is 4.60. The van der Waals surface area contributed by atoms with Gasteiger partial charge in [0.2, 0.25) is 0 Å². The Labute approximate surface area is 151 Å². The maximum Gasteiger partial charge on any atom is 0.316 e. The van der Waals surface area contributed by atoms with Crippen molar-refractivity contribution in [3.05, 3.63) is 53.6 Å². The second-order valence-electron chi connectivity index (χ2n) is 6.50. The van der Waals surface area contributed by atoms with E-state index in [4.69, 9.17) is 9.47 Å². The summed E-state index contributed by atoms with van der Waals surface area (Å²) in [7, 11) is 0. The van der Waals surface area contributed by atoms with Gasteiger partial charge in [-0.2, -0.15) is 0 Å². The molecule has 0 atom stereocenters. The zero-order valence-electron chi connectivity index (χ0n) is 14.6. The normalized spacial score (nSPS) is 16.8. The summed E-state index contributed by atoms with van der Waals surface area (Å²) in [6.07, 6.45) is 0. The molecule has 0 bridgehead atoms. The minimum atomic E-state index is -0.513. The van der Waals surface area contributed by atoms with Crippen LogP contribution in [0.1, 0.15) is 11.1 Å². The van der Waals surface area contributed by atoms with Crippen molar-refractivity contribution in [1.29, 1.82) is 0 Å². The van der Waals surface area contributed by atoms with Crippen molar-refractivity contribution in [1.82, 2.24) is 4.90 Å². The summed E-state index contributed by atoms with van der Waals surface area (Å²) in [5.74, 6) is 0.279. The van der Waals surface area contributed by atoms with Gasteiger partial charge in [-0.1, -0.05) is 29.8 Å². The van der Waals surface area contributed by atoms with E-state index in [2.05, 4.69) is 0 Å². The van der Waals surface area contributed by atoms with Gasteiger partial charge < -0.3 is 19.3 Å². The predicted octanol–water partition coefficient (Wildman–Crippen LogP) is 2.14. The van der Waals surface area contributed by atoms with E-state index in [1.807, 2.05) is 31.2 Å². The lowest BCUT2D eigenvalue weighted by atomic mass is 10.1. The lowest BCUT2D eigenvalue weighted by molar-refractivity contribution is -0.146. The molecular formula is C20H20N2O4. The van der Waals surface area contributed by atoms with E-state index in [0.29, 0.717) is 50.0 Å². The maximum absolute atomic E-state index is 12.6. The number of aryl methyl sites for hydroxylation is 1. The van der Waals surface area contributed by atoms with Crippen molar-refractivity contribution in [3.8, 4) is 11.5 Å². The monoisotopic (exact) mass is 352 g/mol. The first-order chi connectivity index (χ1) is 12.6. The fourth-order valence-corrected chi connectivity index (χ4v) is 3.30. The van der Waals surface area contributed by atoms with Gasteiger partial charge in [0, 0.05) is 31.4 Å². The highest BCUT2D eigenvalue weighted by atomic mass is 16.6. The minimum Gasteiger partial charge on any atom is -0.486 e. The molecule has 26 heavy (non-hydrogen) atoms. The summed E-state index contributed by atoms with van der Waals surface area (Å²) in [6, 6.07) is 13.3. The van der Waals surface area contributed by atoms with Gasteiger partial charge >= 0.3 is 11.8 Å². The molecule has 2 heterocycles. The fraction of sp³-hybridized carbons (Fsp3) is 0.300. The number of nitrogens with zero attached hydrogens (tertiary/aromatic N) is 2. The number of piperazine rings is 1. The molecule has 0 aliphatic carbocycles. The summed E-state index contributed by atoms with van der Waals surface area (Å²) < 4.78 is 11.1. The fourth-order valence-electron chi connectivity index (χ4n) is 3.30. The van der Waals surface area contributed by atoms with Crippen LogP contribution in [0.15, 0.2) is 42.5 Å². The van der Waals surface area contributed by atoms with Crippen LogP contribution < -0.4 is 14.4 Å². The molecule has 0 radical (unpaired) electrons. The average Bonchev–Trinajstić information content (AvgIpc) is 2.65. The number of fused-ring (bicyclic) bond motifs is 1. The van der Waals surface area contributed by atoms with Crippen LogP contribution in [0.2, 0.25) is 0 Å². The van der Waals surface area contributed by atoms with Crippen LogP contribution in [-0.2, 0) is 16.1 Å². The van der Waals surface area contributed by atoms with Crippen LogP contribution in [0.5, 0.6) is 11.5 Å². The molecule has 6 heteroatoms. The summed E-state index contributed by atoms with van der Waals surface area (Å²) >= 11 is 0. The SMILES string of the molecule is Cc1cccc(CN2CCN(c3ccc4c(c3)OCCO4)C(=O)C2=O)c1. The molecule has 1 fully saturated rings. The lowest BCUT2D eigenvalue weighted by Crippen LogP contribution is -2.54. The summed E-state index contributed by atoms with van der Waals surface area (Å²) in [6.45, 7) is 4.40. The van der Waals surface area contributed by atoms with E-state index in [1.54, 1.807) is 23.1 Å². The smallest absolute Gasteiger partial charge is 0.316 e. The summed E-state index contributed by atoms with van der Waals surface area (Å²) in [5.41, 5.74) is 2.82. The Morgan fingerprint density at radius 2 is 1.73 bits per heavy atom. The number of carbonyl (C=O) groups is 2. The lowest BCUT2D eigenvalue weighted by Gasteiger charge is -2.34. The van der Waals surface area contributed by atoms with Crippen molar-refractivity contribution in [2.45, 2.75) is 13.5 Å². The number of hydrogen-bond donors (Lipinski definition) is 0. The van der Waals surface area contributed by atoms with Gasteiger partial charge in [0.1, 0.15) is 13.2 Å². The second-order valence-corrected chi connectivity index (χ2v) is 6.50. The Balaban J connectivity index is 1.50. The van der Waals surface area contributed by atoms with Crippen molar-refractivity contribution < 1.29 is 19.1 Å². The molecule has 134 valence electrons. The molecule has 0 aromatic heterocycles. The predicted molar refractivity (Wildman–Crippen MR) is 96.4 cm³/mol. The standard InChI is InChI=1S/C20H20N2O4/c1-14-3-2-4-15(11-14)13-21-7-8-22(20(24)19(21)23)16-5-6-17-18(12-16)26-10-9-25-17/h2-6,11-12H,7-10,13H2,1H3. The van der Waals surface area contributed by atoms with E-state index in [1.165, 1.54) is 4.90 Å². The molecule has 2 aliphatic rings. The van der Waals surface area contributed by atoms with Gasteiger partial charge in [0.25, 0.3) is 0 Å². The largest absolute Gasteiger partial charge is 0.486 e. The first-order valence-corrected chi connectivity index (χ1v) is 8.68. The Morgan fingerprint density at radius 1 is 0.923 bits per heavy atom. The van der Waals surface area contributed by atoms with E-state index in [0.717, 1.165) is 11.1 Å². The molecule has 4 rings (SSSR count). The number of rotatable bonds is 3. The molecular weight excluding hydrogens is 332 g/mol. The number of benzene rings is 2. The number of ether oxygens (including phenoxy) is 2. The molecule has 1 saturated heterocycles. The number of anilines is 1. The highest BCUT2D eigenvalue weighted by Gasteiger charge is 2.33. The Morgan fingerprint density at radius 3 is 2.54 bits per heavy atom. The number of amides is 2. The Kier molecular flexibility index (Phi) is 4.24. The van der Waals surface area contributed by atoms with Crippen molar-refractivity contribution in [3.63, 3.8) is 0 Å². The zero-order chi connectivity index (χ0) is 18.1. The molecule has 0 N–H and O–H groups in total. The molecule has 6 nitrogen and oxygen atoms in total. The van der Waals surface area contributed by atoms with E-state index < -0.39 is 11.8 Å². The molecule has 0 saturated carbocycles. The summed E-state index contributed by atoms with van der Waals surface area (Å²) in [5, 5.41) is 0. The van der Waals surface area contributed by atoms with Gasteiger partial charge in [-0.3, -0.25) is 9.59 Å². The minimum absolute atomic E-state index is 0.446. The van der Waals surface area contributed by atoms with Crippen molar-refractivity contribution in [2.75, 3.05) is 31.2 Å². The highest BCUT2D eigenvalue weighted by Crippen LogP contribution is 2.34. The quantitative estimate of drug-likeness (QED) is 0.794. The van der Waals surface area contributed by atoms with E-state index >= 15 is 0 Å². The van der Waals surface area contributed by atoms with Crippen molar-refractivity contribution in [2.24, 2.45) is 0 Å². The van der Waals surface area contributed by atoms with Crippen LogP contribution in [-0.4, -0.2) is 43.0 Å². The third kappa shape index (κ3) is 3.10. The number of hydrogen-bond acceptors (Lipinski definition) is 4. The number of carbonyl (C=O) groups excluding carboxylic acids is 2. The highest BCUT2D eigenvalue weighted by molar-refractivity contribution is 6.41. The second kappa shape index (κ2) is 6.71. The van der Waals surface area contributed by atoms with Gasteiger partial charge in [0.15, 0.2) is 11.5 Å². The van der Waals surface area contributed by atoms with Gasteiger partial charge in [-0.15, -0.1) is 0 Å². The Hall–Kier alpha value is -3.02. The maximum atomic E-state index is 12.6.